The van der Waals surface area contributed by atoms with Gasteiger partial charge in [-0.3, -0.25) is 0 Å². The lowest BCUT2D eigenvalue weighted by atomic mass is 10.1. The summed E-state index contributed by atoms with van der Waals surface area (Å²) in [5.74, 6) is -0.145. The number of carbonyl (C=O) groups is 1. The van der Waals surface area contributed by atoms with Gasteiger partial charge in [-0.25, -0.2) is 14.8 Å². The third kappa shape index (κ3) is 7.84. The van der Waals surface area contributed by atoms with Crippen LogP contribution in [0.4, 0.5) is 0 Å². The van der Waals surface area contributed by atoms with Crippen molar-refractivity contribution >= 4 is 53.1 Å². The van der Waals surface area contributed by atoms with Gasteiger partial charge < -0.3 is 14.6 Å². The van der Waals surface area contributed by atoms with Crippen LogP contribution in [0.2, 0.25) is 10.0 Å². The number of halogens is 3. The largest absolute Gasteiger partial charge is 0.478 e. The summed E-state index contributed by atoms with van der Waals surface area (Å²) < 4.78 is 11.6. The number of nitrogens with zero attached hydrogens (tertiary/aromatic N) is 2. The summed E-state index contributed by atoms with van der Waals surface area (Å²) in [6, 6.07) is 21.6. The molecule has 9 heteroatoms. The number of hydrogen-bond acceptors (Lipinski definition) is 5. The zero-order valence-electron chi connectivity index (χ0n) is 20.2. The van der Waals surface area contributed by atoms with E-state index in [0.29, 0.717) is 16.8 Å². The van der Waals surface area contributed by atoms with Crippen molar-refractivity contribution in [1.82, 2.24) is 9.97 Å². The molecule has 204 valence electrons. The molecule has 0 spiro atoms. The molecule has 2 aromatic heterocycles. The van der Waals surface area contributed by atoms with Gasteiger partial charge in [0.25, 0.3) is 0 Å². The normalized spacial score (nSPS) is 13.6. The first-order valence-corrected chi connectivity index (χ1v) is 12.7. The van der Waals surface area contributed by atoms with Crippen LogP contribution in [0.3, 0.4) is 0 Å². The van der Waals surface area contributed by atoms with Gasteiger partial charge in [0, 0.05) is 44.0 Å². The molecule has 39 heavy (non-hydrogen) atoms. The minimum Gasteiger partial charge on any atom is -0.478 e. The lowest BCUT2D eigenvalue weighted by molar-refractivity contribution is 0.0695. The highest BCUT2D eigenvalue weighted by atomic mass is 127. The summed E-state index contributed by atoms with van der Waals surface area (Å²) in [5.41, 5.74) is 5.31. The van der Waals surface area contributed by atoms with Crippen LogP contribution >= 0.6 is 47.2 Å². The third-order valence-electron chi connectivity index (χ3n) is 6.36. The van der Waals surface area contributed by atoms with Crippen LogP contribution in [0.25, 0.3) is 0 Å². The first-order valence-electron chi connectivity index (χ1n) is 11.9. The summed E-state index contributed by atoms with van der Waals surface area (Å²) in [7, 11) is 0. The van der Waals surface area contributed by atoms with Crippen molar-refractivity contribution in [2.24, 2.45) is 0 Å². The van der Waals surface area contributed by atoms with E-state index in [1.165, 1.54) is 34.5 Å². The Labute approximate surface area is 255 Å². The van der Waals surface area contributed by atoms with Crippen molar-refractivity contribution < 1.29 is 19.4 Å². The van der Waals surface area contributed by atoms with Gasteiger partial charge in [0.2, 0.25) is 11.8 Å². The Morgan fingerprint density at radius 1 is 0.744 bits per heavy atom. The number of carboxylic acid groups (broad SMARTS) is 1. The van der Waals surface area contributed by atoms with Gasteiger partial charge in [0.15, 0.2) is 0 Å². The molecule has 0 aliphatic heterocycles. The third-order valence-corrected chi connectivity index (χ3v) is 6.89. The minimum atomic E-state index is -1.09. The molecule has 2 aliphatic rings. The van der Waals surface area contributed by atoms with Crippen LogP contribution in [0.1, 0.15) is 40.0 Å². The van der Waals surface area contributed by atoms with Crippen molar-refractivity contribution in [2.45, 2.75) is 45.3 Å². The Hall–Kier alpha value is -2.88. The maximum atomic E-state index is 11.0. The second-order valence-electron chi connectivity index (χ2n) is 8.96. The van der Waals surface area contributed by atoms with E-state index in [9.17, 15) is 4.79 Å². The van der Waals surface area contributed by atoms with Crippen molar-refractivity contribution in [3.8, 4) is 11.8 Å². The summed E-state index contributed by atoms with van der Waals surface area (Å²) in [6.45, 7) is 0. The van der Waals surface area contributed by atoms with Gasteiger partial charge in [-0.1, -0.05) is 79.2 Å². The average molecular weight is 679 g/mol. The molecular formula is C30H29Cl2IN2O4. The van der Waals surface area contributed by atoms with Crippen LogP contribution < -0.4 is 9.47 Å². The SMILES string of the molecule is C.Clc1ccc(OC2Cc3ccccc3C2)nc1.I.O=C(O)c1cc(OC2Cc3ccccc3C2)ncc1Cl. The fourth-order valence-electron chi connectivity index (χ4n) is 4.63. The zero-order valence-corrected chi connectivity index (χ0v) is 24.1. The predicted octanol–water partition coefficient (Wildman–Crippen LogP) is 7.51. The Morgan fingerprint density at radius 2 is 1.21 bits per heavy atom. The molecule has 2 aliphatic carbocycles. The quantitative estimate of drug-likeness (QED) is 0.220. The van der Waals surface area contributed by atoms with Gasteiger partial charge in [0.1, 0.15) is 12.2 Å². The van der Waals surface area contributed by atoms with Crippen LogP contribution in [-0.4, -0.2) is 33.3 Å². The number of fused-ring (bicyclic) bond motifs is 2. The van der Waals surface area contributed by atoms with Crippen LogP contribution in [-0.2, 0) is 25.7 Å². The monoisotopic (exact) mass is 678 g/mol. The highest BCUT2D eigenvalue weighted by Gasteiger charge is 2.24. The van der Waals surface area contributed by atoms with E-state index in [2.05, 4.69) is 46.4 Å². The number of rotatable bonds is 5. The van der Waals surface area contributed by atoms with E-state index in [1.54, 1.807) is 12.3 Å². The number of pyridine rings is 2. The predicted molar refractivity (Wildman–Crippen MR) is 164 cm³/mol. The topological polar surface area (TPSA) is 81.5 Å². The Bertz CT molecular complexity index is 1370. The fourth-order valence-corrected chi connectivity index (χ4v) is 4.92. The Balaban J connectivity index is 0.000000207. The highest BCUT2D eigenvalue weighted by Crippen LogP contribution is 2.27. The minimum absolute atomic E-state index is 0. The van der Waals surface area contributed by atoms with Gasteiger partial charge in [0.05, 0.1) is 21.8 Å². The molecule has 0 saturated heterocycles. The van der Waals surface area contributed by atoms with E-state index in [4.69, 9.17) is 37.8 Å². The van der Waals surface area contributed by atoms with Gasteiger partial charge in [-0.15, -0.1) is 24.0 Å². The van der Waals surface area contributed by atoms with E-state index < -0.39 is 5.97 Å². The number of benzene rings is 2. The van der Waals surface area contributed by atoms with E-state index in [-0.39, 0.29) is 54.2 Å². The number of aromatic carboxylic acids is 1. The summed E-state index contributed by atoms with van der Waals surface area (Å²) >= 11 is 11.6. The lowest BCUT2D eigenvalue weighted by Crippen LogP contribution is -2.17. The van der Waals surface area contributed by atoms with Gasteiger partial charge >= 0.3 is 5.97 Å². The van der Waals surface area contributed by atoms with Crippen LogP contribution in [0, 0.1) is 0 Å². The van der Waals surface area contributed by atoms with Crippen molar-refractivity contribution in [3.63, 3.8) is 0 Å². The van der Waals surface area contributed by atoms with E-state index >= 15 is 0 Å². The smallest absolute Gasteiger partial charge is 0.337 e. The molecule has 4 aromatic rings. The zero-order chi connectivity index (χ0) is 25.8. The maximum Gasteiger partial charge on any atom is 0.337 e. The maximum absolute atomic E-state index is 11.0. The average Bonchev–Trinajstić information content (AvgIpc) is 3.49. The summed E-state index contributed by atoms with van der Waals surface area (Å²) in [5, 5.41) is 9.77. The molecule has 0 radical (unpaired) electrons. The van der Waals surface area contributed by atoms with Crippen LogP contribution in [0.15, 0.2) is 79.1 Å². The molecular weight excluding hydrogens is 650 g/mol. The molecule has 1 N–H and O–H groups in total. The molecule has 2 heterocycles. The van der Waals surface area contributed by atoms with Gasteiger partial charge in [-0.05, 0) is 28.3 Å². The van der Waals surface area contributed by atoms with Crippen molar-refractivity contribution in [2.75, 3.05) is 0 Å². The second kappa shape index (κ2) is 14.0. The molecule has 0 saturated carbocycles. The number of ether oxygens (including phenoxy) is 2. The molecule has 6 nitrogen and oxygen atoms in total. The van der Waals surface area contributed by atoms with Crippen molar-refractivity contribution in [3.05, 3.63) is 117 Å². The Kier molecular flexibility index (Phi) is 11.0. The van der Waals surface area contributed by atoms with E-state index in [0.717, 1.165) is 25.7 Å². The molecule has 0 fully saturated rings. The summed E-state index contributed by atoms with van der Waals surface area (Å²) in [4.78, 5) is 19.2. The first-order chi connectivity index (χ1) is 17.9. The summed E-state index contributed by atoms with van der Waals surface area (Å²) in [6.07, 6.45) is 6.64. The molecule has 6 rings (SSSR count). The molecule has 0 amide bonds. The van der Waals surface area contributed by atoms with Crippen LogP contribution in [0.5, 0.6) is 11.8 Å². The number of carboxylic acids is 1. The highest BCUT2D eigenvalue weighted by molar-refractivity contribution is 14.0. The number of hydrogen-bond donors (Lipinski definition) is 1. The van der Waals surface area contributed by atoms with E-state index in [1.807, 2.05) is 18.2 Å². The lowest BCUT2D eigenvalue weighted by Gasteiger charge is -2.12. The Morgan fingerprint density at radius 3 is 1.64 bits per heavy atom. The molecule has 0 bridgehead atoms. The molecule has 0 unspecified atom stereocenters. The van der Waals surface area contributed by atoms with Crippen molar-refractivity contribution in [1.29, 1.82) is 0 Å². The molecule has 2 aromatic carbocycles. The first kappa shape index (κ1) is 30.7. The number of aromatic nitrogens is 2. The second-order valence-corrected chi connectivity index (χ2v) is 9.80. The fraction of sp³-hybridized carbons (Fsp3) is 0.233. The molecule has 0 atom stereocenters. The van der Waals surface area contributed by atoms with Gasteiger partial charge in [-0.2, -0.15) is 0 Å². The standard InChI is InChI=1S/C15H12ClNO3.C14H12ClNO.CH4.HI/c16-13-8-17-14(7-12(13)15(18)19)20-11-5-9-3-1-2-4-10(9)6-11;15-12-5-6-14(16-9-12)17-13-7-10-3-1-2-4-11(10)8-13;;/h1-4,7-8,11H,5-6H2,(H,18,19);1-6,9,13H,7-8H2;1H4;1H.